The zero-order valence-electron chi connectivity index (χ0n) is 13.4. The Morgan fingerprint density at radius 2 is 1.91 bits per heavy atom. The summed E-state index contributed by atoms with van der Waals surface area (Å²) in [5.74, 6) is 2.47. The van der Waals surface area contributed by atoms with Crippen LogP contribution in [0.4, 0.5) is 5.82 Å². The lowest BCUT2D eigenvalue weighted by Gasteiger charge is -2.35. The number of hydrogen-bond acceptors (Lipinski definition) is 3. The van der Waals surface area contributed by atoms with Crippen LogP contribution in [0.5, 0.6) is 0 Å². The van der Waals surface area contributed by atoms with E-state index in [9.17, 15) is 0 Å². The molecule has 1 aromatic carbocycles. The standard InChI is InChI=1S/C18H22N4/c1-11-7-12(2)9-22(8-11)18-17-16(19-10-20-18)15-13(3)5-4-6-14(15)21-17/h4-6,10-12,21H,7-9H2,1-3H3/t11-,12+. The maximum absolute atomic E-state index is 4.61. The first kappa shape index (κ1) is 13.6. The number of nitrogens with zero attached hydrogens (tertiary/aromatic N) is 3. The van der Waals surface area contributed by atoms with Gasteiger partial charge >= 0.3 is 0 Å². The number of anilines is 1. The third-order valence-electron chi connectivity index (χ3n) is 4.76. The van der Waals surface area contributed by atoms with Crippen LogP contribution in [0.1, 0.15) is 25.8 Å². The van der Waals surface area contributed by atoms with Crippen molar-refractivity contribution >= 4 is 27.8 Å². The topological polar surface area (TPSA) is 44.8 Å². The Labute approximate surface area is 130 Å². The number of aryl methyl sites for hydroxylation is 1. The monoisotopic (exact) mass is 294 g/mol. The molecule has 1 fully saturated rings. The minimum absolute atomic E-state index is 0.708. The van der Waals surface area contributed by atoms with Crippen molar-refractivity contribution < 1.29 is 0 Å². The molecule has 1 saturated heterocycles. The molecule has 0 unspecified atom stereocenters. The Morgan fingerprint density at radius 3 is 2.68 bits per heavy atom. The summed E-state index contributed by atoms with van der Waals surface area (Å²) in [5.41, 5.74) is 4.53. The number of hydrogen-bond donors (Lipinski definition) is 1. The SMILES string of the molecule is Cc1cccc2[nH]c3c(N4C[C@H](C)C[C@H](C)C4)ncnc3c12. The smallest absolute Gasteiger partial charge is 0.156 e. The summed E-state index contributed by atoms with van der Waals surface area (Å²) in [6, 6.07) is 6.35. The lowest BCUT2D eigenvalue weighted by molar-refractivity contribution is 0.356. The summed E-state index contributed by atoms with van der Waals surface area (Å²) in [6.07, 6.45) is 3.01. The van der Waals surface area contributed by atoms with E-state index in [0.29, 0.717) is 11.8 Å². The van der Waals surface area contributed by atoms with E-state index < -0.39 is 0 Å². The van der Waals surface area contributed by atoms with E-state index in [0.717, 1.165) is 35.5 Å². The molecule has 0 radical (unpaired) electrons. The van der Waals surface area contributed by atoms with Gasteiger partial charge in [-0.2, -0.15) is 0 Å². The third kappa shape index (κ3) is 2.05. The minimum atomic E-state index is 0.708. The van der Waals surface area contributed by atoms with Gasteiger partial charge in [0, 0.05) is 24.0 Å². The molecule has 2 aromatic heterocycles. The molecule has 4 rings (SSSR count). The number of fused-ring (bicyclic) bond motifs is 3. The van der Waals surface area contributed by atoms with Gasteiger partial charge in [0.2, 0.25) is 0 Å². The molecule has 0 amide bonds. The molecule has 1 aliphatic rings. The molecule has 0 bridgehead atoms. The molecule has 3 heterocycles. The molecule has 114 valence electrons. The minimum Gasteiger partial charge on any atom is -0.354 e. The van der Waals surface area contributed by atoms with Gasteiger partial charge in [0.25, 0.3) is 0 Å². The van der Waals surface area contributed by atoms with Crippen molar-refractivity contribution in [3.63, 3.8) is 0 Å². The zero-order chi connectivity index (χ0) is 15.3. The molecule has 1 N–H and O–H groups in total. The van der Waals surface area contributed by atoms with Crippen molar-refractivity contribution in [1.29, 1.82) is 0 Å². The van der Waals surface area contributed by atoms with Crippen LogP contribution in [0, 0.1) is 18.8 Å². The van der Waals surface area contributed by atoms with Crippen molar-refractivity contribution in [2.75, 3.05) is 18.0 Å². The summed E-state index contributed by atoms with van der Waals surface area (Å²) in [5, 5.41) is 1.22. The van der Waals surface area contributed by atoms with Gasteiger partial charge in [-0.05, 0) is 36.8 Å². The predicted octanol–water partition coefficient (Wildman–Crippen LogP) is 3.90. The number of aromatic nitrogens is 3. The van der Waals surface area contributed by atoms with Crippen molar-refractivity contribution in [3.05, 3.63) is 30.1 Å². The number of piperidine rings is 1. The second kappa shape index (κ2) is 4.97. The lowest BCUT2D eigenvalue weighted by Crippen LogP contribution is -2.39. The van der Waals surface area contributed by atoms with Crippen LogP contribution in [-0.2, 0) is 0 Å². The molecular weight excluding hydrogens is 272 g/mol. The Morgan fingerprint density at radius 1 is 1.14 bits per heavy atom. The number of aromatic amines is 1. The largest absolute Gasteiger partial charge is 0.354 e. The molecule has 4 heteroatoms. The van der Waals surface area contributed by atoms with E-state index in [4.69, 9.17) is 0 Å². The third-order valence-corrected chi connectivity index (χ3v) is 4.76. The van der Waals surface area contributed by atoms with Gasteiger partial charge in [-0.15, -0.1) is 0 Å². The molecule has 0 aliphatic carbocycles. The molecular formula is C18H22N4. The Kier molecular flexibility index (Phi) is 3.06. The first-order valence-electron chi connectivity index (χ1n) is 8.10. The van der Waals surface area contributed by atoms with Gasteiger partial charge in [-0.25, -0.2) is 9.97 Å². The molecule has 4 nitrogen and oxygen atoms in total. The van der Waals surface area contributed by atoms with Crippen LogP contribution in [-0.4, -0.2) is 28.0 Å². The van der Waals surface area contributed by atoms with Gasteiger partial charge in [-0.3, -0.25) is 0 Å². The van der Waals surface area contributed by atoms with Crippen molar-refractivity contribution in [1.82, 2.24) is 15.0 Å². The summed E-state index contributed by atoms with van der Waals surface area (Å²) in [6.45, 7) is 8.95. The van der Waals surface area contributed by atoms with Gasteiger partial charge in [0.1, 0.15) is 17.4 Å². The van der Waals surface area contributed by atoms with Gasteiger partial charge < -0.3 is 9.88 Å². The van der Waals surface area contributed by atoms with E-state index in [2.05, 4.69) is 58.8 Å². The normalized spacial score (nSPS) is 22.6. The van der Waals surface area contributed by atoms with Crippen LogP contribution in [0.2, 0.25) is 0 Å². The number of nitrogens with one attached hydrogen (secondary N) is 1. The highest BCUT2D eigenvalue weighted by molar-refractivity contribution is 6.09. The molecule has 2 atom stereocenters. The zero-order valence-corrected chi connectivity index (χ0v) is 13.4. The summed E-state index contributed by atoms with van der Waals surface area (Å²) >= 11 is 0. The van der Waals surface area contributed by atoms with Crippen molar-refractivity contribution in [3.8, 4) is 0 Å². The molecule has 1 aliphatic heterocycles. The Bertz CT molecular complexity index is 826. The first-order valence-corrected chi connectivity index (χ1v) is 8.10. The van der Waals surface area contributed by atoms with Gasteiger partial charge in [0.15, 0.2) is 5.82 Å². The second-order valence-corrected chi connectivity index (χ2v) is 6.89. The highest BCUT2D eigenvalue weighted by Crippen LogP contribution is 2.33. The Balaban J connectivity index is 1.91. The Hall–Kier alpha value is -2.10. The van der Waals surface area contributed by atoms with E-state index in [1.54, 1.807) is 6.33 Å². The average Bonchev–Trinajstić information content (AvgIpc) is 2.85. The van der Waals surface area contributed by atoms with Crippen LogP contribution < -0.4 is 4.90 Å². The predicted molar refractivity (Wildman–Crippen MR) is 91.3 cm³/mol. The molecule has 22 heavy (non-hydrogen) atoms. The van der Waals surface area contributed by atoms with E-state index in [1.807, 2.05) is 0 Å². The second-order valence-electron chi connectivity index (χ2n) is 6.89. The molecule has 3 aromatic rings. The van der Waals surface area contributed by atoms with Crippen LogP contribution in [0.3, 0.4) is 0 Å². The molecule has 0 saturated carbocycles. The quantitative estimate of drug-likeness (QED) is 0.740. The maximum atomic E-state index is 4.61. The van der Waals surface area contributed by atoms with Crippen LogP contribution in [0.25, 0.3) is 21.9 Å². The van der Waals surface area contributed by atoms with Crippen molar-refractivity contribution in [2.45, 2.75) is 27.2 Å². The summed E-state index contributed by atoms with van der Waals surface area (Å²) in [7, 11) is 0. The van der Waals surface area contributed by atoms with E-state index in [-0.39, 0.29) is 0 Å². The van der Waals surface area contributed by atoms with Gasteiger partial charge in [0.05, 0.1) is 0 Å². The number of H-pyrrole nitrogens is 1. The summed E-state index contributed by atoms with van der Waals surface area (Å²) in [4.78, 5) is 15.1. The number of benzene rings is 1. The van der Waals surface area contributed by atoms with Gasteiger partial charge in [-0.1, -0.05) is 26.0 Å². The fraction of sp³-hybridized carbons (Fsp3) is 0.444. The van der Waals surface area contributed by atoms with Crippen LogP contribution >= 0.6 is 0 Å². The molecule has 0 spiro atoms. The highest BCUT2D eigenvalue weighted by Gasteiger charge is 2.25. The van der Waals surface area contributed by atoms with Crippen molar-refractivity contribution in [2.24, 2.45) is 11.8 Å². The fourth-order valence-corrected chi connectivity index (χ4v) is 3.98. The average molecular weight is 294 g/mol. The maximum Gasteiger partial charge on any atom is 0.156 e. The fourth-order valence-electron chi connectivity index (χ4n) is 3.98. The summed E-state index contributed by atoms with van der Waals surface area (Å²) < 4.78 is 0. The van der Waals surface area contributed by atoms with Crippen LogP contribution in [0.15, 0.2) is 24.5 Å². The first-order chi connectivity index (χ1) is 10.6. The highest BCUT2D eigenvalue weighted by atomic mass is 15.2. The number of rotatable bonds is 1. The van der Waals surface area contributed by atoms with E-state index >= 15 is 0 Å². The lowest BCUT2D eigenvalue weighted by atomic mass is 9.92. The van der Waals surface area contributed by atoms with E-state index in [1.165, 1.54) is 17.4 Å².